The van der Waals surface area contributed by atoms with Crippen molar-refractivity contribution in [1.29, 1.82) is 0 Å². The Bertz CT molecular complexity index is 830. The fourth-order valence-electron chi connectivity index (χ4n) is 3.20. The molecule has 1 aliphatic rings. The molecule has 1 aliphatic carbocycles. The number of amides is 2. The number of nitrogens with two attached hydrogens (primary N) is 1. The van der Waals surface area contributed by atoms with Crippen LogP contribution in [-0.2, 0) is 17.6 Å². The topological polar surface area (TPSA) is 84.7 Å². The number of nitrogens with one attached hydrogen (secondary N) is 1. The lowest BCUT2D eigenvalue weighted by Crippen LogP contribution is -2.33. The van der Waals surface area contributed by atoms with Gasteiger partial charge in [0.1, 0.15) is 17.4 Å². The maximum absolute atomic E-state index is 12.4. The number of carbonyl (C=O) groups is 2. The zero-order valence-corrected chi connectivity index (χ0v) is 16.5. The first-order chi connectivity index (χ1) is 12.9. The smallest absolute Gasteiger partial charge is 0.251 e. The molecule has 1 heterocycles. The van der Waals surface area contributed by atoms with E-state index in [0.29, 0.717) is 23.7 Å². The van der Waals surface area contributed by atoms with Crippen LogP contribution in [0.3, 0.4) is 0 Å². The van der Waals surface area contributed by atoms with Crippen LogP contribution in [0.4, 0.5) is 5.00 Å². The number of hydrogen-bond acceptors (Lipinski definition) is 5. The summed E-state index contributed by atoms with van der Waals surface area (Å²) in [4.78, 5) is 27.2. The monoisotopic (exact) mass is 387 g/mol. The average Bonchev–Trinajstić information content (AvgIpc) is 3.16. The van der Waals surface area contributed by atoms with E-state index >= 15 is 0 Å². The molecule has 1 aromatic heterocycles. The number of carbonyl (C=O) groups excluding carboxylic acids is 2. The fourth-order valence-corrected chi connectivity index (χ4v) is 4.51. The molecule has 0 spiro atoms. The molecule has 0 saturated carbocycles. The standard InChI is InChI=1S/C20H25N3O3S/c1-13-6-8-14(9-7-13)26-11-10-23(2)12-17(24)22-20-18(19(21)25)15-4-3-5-16(15)27-20/h6-9H,3-5,10-12H2,1-2H3,(H2,21,25)(H,22,24). The second-order valence-electron chi connectivity index (χ2n) is 6.87. The summed E-state index contributed by atoms with van der Waals surface area (Å²) in [5.41, 5.74) is 8.22. The van der Waals surface area contributed by atoms with Crippen molar-refractivity contribution in [2.24, 2.45) is 5.73 Å². The molecule has 0 unspecified atom stereocenters. The van der Waals surface area contributed by atoms with Gasteiger partial charge in [-0.15, -0.1) is 11.3 Å². The molecule has 0 radical (unpaired) electrons. The van der Waals surface area contributed by atoms with Crippen LogP contribution in [0.15, 0.2) is 24.3 Å². The van der Waals surface area contributed by atoms with Gasteiger partial charge in [0.05, 0.1) is 12.1 Å². The lowest BCUT2D eigenvalue weighted by atomic mass is 10.1. The van der Waals surface area contributed by atoms with Gasteiger partial charge in [0, 0.05) is 11.4 Å². The summed E-state index contributed by atoms with van der Waals surface area (Å²) in [5.74, 6) is 0.192. The highest BCUT2D eigenvalue weighted by atomic mass is 32.1. The Morgan fingerprint density at radius 2 is 2.00 bits per heavy atom. The molecule has 2 amide bonds. The van der Waals surface area contributed by atoms with Crippen LogP contribution in [-0.4, -0.2) is 43.5 Å². The number of thiophene rings is 1. The average molecular weight is 388 g/mol. The lowest BCUT2D eigenvalue weighted by molar-refractivity contribution is -0.117. The van der Waals surface area contributed by atoms with Gasteiger partial charge in [-0.05, 0) is 50.9 Å². The summed E-state index contributed by atoms with van der Waals surface area (Å²) in [6, 6.07) is 7.87. The molecule has 6 nitrogen and oxygen atoms in total. The number of anilines is 1. The maximum atomic E-state index is 12.4. The number of benzene rings is 1. The van der Waals surface area contributed by atoms with E-state index in [9.17, 15) is 9.59 Å². The first-order valence-electron chi connectivity index (χ1n) is 9.06. The van der Waals surface area contributed by atoms with Gasteiger partial charge in [0.25, 0.3) is 5.91 Å². The first-order valence-corrected chi connectivity index (χ1v) is 9.88. The zero-order valence-electron chi connectivity index (χ0n) is 15.7. The molecule has 1 aromatic carbocycles. The second-order valence-corrected chi connectivity index (χ2v) is 7.98. The molecule has 7 heteroatoms. The number of rotatable bonds is 8. The third kappa shape index (κ3) is 4.87. The highest BCUT2D eigenvalue weighted by molar-refractivity contribution is 7.17. The SMILES string of the molecule is Cc1ccc(OCCN(C)CC(=O)Nc2sc3c(c2C(N)=O)CCC3)cc1. The molecule has 0 atom stereocenters. The Kier molecular flexibility index (Phi) is 6.13. The van der Waals surface area contributed by atoms with Gasteiger partial charge in [-0.3, -0.25) is 14.5 Å². The normalized spacial score (nSPS) is 12.9. The molecule has 3 rings (SSSR count). The Hall–Kier alpha value is -2.38. The molecule has 2 aromatic rings. The summed E-state index contributed by atoms with van der Waals surface area (Å²) >= 11 is 1.47. The third-order valence-electron chi connectivity index (χ3n) is 4.60. The molecule has 0 aliphatic heterocycles. The number of nitrogens with zero attached hydrogens (tertiary/aromatic N) is 1. The van der Waals surface area contributed by atoms with E-state index in [1.54, 1.807) is 0 Å². The first kappa shape index (κ1) is 19.4. The van der Waals surface area contributed by atoms with E-state index in [-0.39, 0.29) is 12.5 Å². The number of likely N-dealkylation sites (N-methyl/N-ethyl adjacent to an activating group) is 1. The number of primary amides is 1. The Balaban J connectivity index is 1.49. The lowest BCUT2D eigenvalue weighted by Gasteiger charge is -2.16. The van der Waals surface area contributed by atoms with Gasteiger partial charge in [-0.1, -0.05) is 17.7 Å². The number of aryl methyl sites for hydroxylation is 2. The third-order valence-corrected chi connectivity index (χ3v) is 5.80. The quantitative estimate of drug-likeness (QED) is 0.729. The van der Waals surface area contributed by atoms with Crippen LogP contribution in [0.25, 0.3) is 0 Å². The van der Waals surface area contributed by atoms with Crippen molar-refractivity contribution < 1.29 is 14.3 Å². The van der Waals surface area contributed by atoms with Crippen LogP contribution >= 0.6 is 11.3 Å². The molecule has 144 valence electrons. The van der Waals surface area contributed by atoms with E-state index in [4.69, 9.17) is 10.5 Å². The molecular weight excluding hydrogens is 362 g/mol. The Labute approximate surface area is 163 Å². The van der Waals surface area contributed by atoms with Gasteiger partial charge in [-0.2, -0.15) is 0 Å². The maximum Gasteiger partial charge on any atom is 0.251 e. The van der Waals surface area contributed by atoms with Gasteiger partial charge in [0.15, 0.2) is 0 Å². The van der Waals surface area contributed by atoms with Gasteiger partial charge < -0.3 is 15.8 Å². The van der Waals surface area contributed by atoms with Crippen molar-refractivity contribution >= 4 is 28.2 Å². The second kappa shape index (κ2) is 8.54. The summed E-state index contributed by atoms with van der Waals surface area (Å²) < 4.78 is 5.69. The van der Waals surface area contributed by atoms with Crippen molar-refractivity contribution in [3.8, 4) is 5.75 Å². The van der Waals surface area contributed by atoms with E-state index in [1.807, 2.05) is 43.1 Å². The van der Waals surface area contributed by atoms with Crippen LogP contribution in [0.1, 0.15) is 32.8 Å². The van der Waals surface area contributed by atoms with Gasteiger partial charge in [0.2, 0.25) is 5.91 Å². The summed E-state index contributed by atoms with van der Waals surface area (Å²) in [5, 5.41) is 3.45. The fraction of sp³-hybridized carbons (Fsp3) is 0.400. The Morgan fingerprint density at radius 1 is 1.26 bits per heavy atom. The highest BCUT2D eigenvalue weighted by Gasteiger charge is 2.26. The van der Waals surface area contributed by atoms with E-state index in [0.717, 1.165) is 30.6 Å². The van der Waals surface area contributed by atoms with Crippen molar-refractivity contribution in [2.45, 2.75) is 26.2 Å². The van der Waals surface area contributed by atoms with E-state index in [1.165, 1.54) is 21.8 Å². The number of ether oxygens (including phenoxy) is 1. The molecule has 0 bridgehead atoms. The molecule has 0 fully saturated rings. The summed E-state index contributed by atoms with van der Waals surface area (Å²) in [6.07, 6.45) is 2.85. The van der Waals surface area contributed by atoms with Crippen molar-refractivity contribution in [1.82, 2.24) is 4.90 Å². The van der Waals surface area contributed by atoms with Crippen LogP contribution in [0.5, 0.6) is 5.75 Å². The number of fused-ring (bicyclic) bond motifs is 1. The highest BCUT2D eigenvalue weighted by Crippen LogP contribution is 2.38. The van der Waals surface area contributed by atoms with Gasteiger partial charge in [-0.25, -0.2) is 0 Å². The molecule has 0 saturated heterocycles. The minimum atomic E-state index is -0.468. The van der Waals surface area contributed by atoms with Crippen LogP contribution in [0, 0.1) is 6.92 Å². The van der Waals surface area contributed by atoms with E-state index in [2.05, 4.69) is 5.32 Å². The van der Waals surface area contributed by atoms with Crippen molar-refractivity contribution in [2.75, 3.05) is 32.1 Å². The minimum absolute atomic E-state index is 0.157. The predicted octanol–water partition coefficient (Wildman–Crippen LogP) is 2.59. The largest absolute Gasteiger partial charge is 0.492 e. The van der Waals surface area contributed by atoms with Gasteiger partial charge >= 0.3 is 0 Å². The van der Waals surface area contributed by atoms with Crippen LogP contribution in [0.2, 0.25) is 0 Å². The summed E-state index contributed by atoms with van der Waals surface area (Å²) in [6.45, 7) is 3.36. The zero-order chi connectivity index (χ0) is 19.4. The molecular formula is C20H25N3O3S. The predicted molar refractivity (Wildman–Crippen MR) is 108 cm³/mol. The van der Waals surface area contributed by atoms with E-state index < -0.39 is 5.91 Å². The Morgan fingerprint density at radius 3 is 2.70 bits per heavy atom. The number of hydrogen-bond donors (Lipinski definition) is 2. The molecule has 27 heavy (non-hydrogen) atoms. The summed E-state index contributed by atoms with van der Waals surface area (Å²) in [7, 11) is 1.86. The van der Waals surface area contributed by atoms with Crippen molar-refractivity contribution in [3.05, 3.63) is 45.8 Å². The van der Waals surface area contributed by atoms with Crippen molar-refractivity contribution in [3.63, 3.8) is 0 Å². The minimum Gasteiger partial charge on any atom is -0.492 e. The molecule has 3 N–H and O–H groups in total. The van der Waals surface area contributed by atoms with Crippen LogP contribution < -0.4 is 15.8 Å².